The molecule has 1 aromatic rings. The van der Waals surface area contributed by atoms with Crippen LogP contribution in [-0.4, -0.2) is 17.7 Å². The predicted molar refractivity (Wildman–Crippen MR) is 53.6 cm³/mol. The van der Waals surface area contributed by atoms with Gasteiger partial charge in [0.25, 0.3) is 0 Å². The summed E-state index contributed by atoms with van der Waals surface area (Å²) in [5.74, 6) is -1.32. The Balaban J connectivity index is 3.04. The molecule has 0 unspecified atom stereocenters. The van der Waals surface area contributed by atoms with Gasteiger partial charge in [-0.1, -0.05) is 18.2 Å². The molecule has 0 fully saturated rings. The highest BCUT2D eigenvalue weighted by Gasteiger charge is 2.16. The van der Waals surface area contributed by atoms with E-state index in [-0.39, 0.29) is 17.7 Å². The monoisotopic (exact) mass is 210 g/mol. The van der Waals surface area contributed by atoms with E-state index in [2.05, 4.69) is 4.74 Å². The highest BCUT2D eigenvalue weighted by atomic mass is 19.1. The highest BCUT2D eigenvalue weighted by Crippen LogP contribution is 2.18. The van der Waals surface area contributed by atoms with Crippen molar-refractivity contribution in [1.82, 2.24) is 0 Å². The van der Waals surface area contributed by atoms with Crippen LogP contribution in [0.15, 0.2) is 30.5 Å². The molecule has 0 aromatic heterocycles. The Morgan fingerprint density at radius 1 is 1.53 bits per heavy atom. The van der Waals surface area contributed by atoms with E-state index < -0.39 is 11.8 Å². The van der Waals surface area contributed by atoms with Gasteiger partial charge in [0, 0.05) is 5.56 Å². The third kappa shape index (κ3) is 2.56. The lowest BCUT2D eigenvalue weighted by Gasteiger charge is -2.06. The minimum absolute atomic E-state index is 0.0263. The van der Waals surface area contributed by atoms with Crippen molar-refractivity contribution in [3.05, 3.63) is 41.9 Å². The number of aliphatic hydroxyl groups excluding tert-OH is 1. The van der Waals surface area contributed by atoms with E-state index in [0.717, 1.165) is 0 Å². The fraction of sp³-hybridized carbons (Fsp3) is 0.182. The lowest BCUT2D eigenvalue weighted by molar-refractivity contribution is -0.136. The number of aliphatic hydroxyl groups is 1. The van der Waals surface area contributed by atoms with E-state index >= 15 is 0 Å². The molecule has 1 rings (SSSR count). The number of ether oxygens (including phenoxy) is 1. The molecule has 0 saturated carbocycles. The van der Waals surface area contributed by atoms with Crippen molar-refractivity contribution in [2.24, 2.45) is 0 Å². The molecule has 0 atom stereocenters. The van der Waals surface area contributed by atoms with Gasteiger partial charge in [-0.15, -0.1) is 0 Å². The quantitative estimate of drug-likeness (QED) is 0.473. The normalized spacial score (nSPS) is 11.2. The van der Waals surface area contributed by atoms with Crippen LogP contribution in [0.4, 0.5) is 4.39 Å². The van der Waals surface area contributed by atoms with Gasteiger partial charge in [-0.25, -0.2) is 9.18 Å². The Hall–Kier alpha value is -1.84. The van der Waals surface area contributed by atoms with Gasteiger partial charge >= 0.3 is 5.97 Å². The van der Waals surface area contributed by atoms with Gasteiger partial charge in [-0.05, 0) is 13.0 Å². The molecule has 0 radical (unpaired) electrons. The van der Waals surface area contributed by atoms with Crippen molar-refractivity contribution in [2.45, 2.75) is 6.92 Å². The van der Waals surface area contributed by atoms with Gasteiger partial charge in [0.15, 0.2) is 0 Å². The lowest BCUT2D eigenvalue weighted by Crippen LogP contribution is -2.08. The van der Waals surface area contributed by atoms with Gasteiger partial charge in [0.1, 0.15) is 11.4 Å². The fourth-order valence-corrected chi connectivity index (χ4v) is 1.12. The van der Waals surface area contributed by atoms with Crippen LogP contribution in [0.25, 0.3) is 5.57 Å². The molecule has 3 nitrogen and oxygen atoms in total. The first-order valence-electron chi connectivity index (χ1n) is 4.47. The van der Waals surface area contributed by atoms with Crippen LogP contribution < -0.4 is 0 Å². The number of carbonyl (C=O) groups is 1. The Kier molecular flexibility index (Phi) is 3.85. The van der Waals surface area contributed by atoms with Crippen LogP contribution >= 0.6 is 0 Å². The molecule has 0 heterocycles. The number of rotatable bonds is 3. The molecule has 0 aliphatic rings. The van der Waals surface area contributed by atoms with Gasteiger partial charge in [-0.2, -0.15) is 0 Å². The SMILES string of the molecule is CCOC(=O)/C(=C\O)c1ccccc1F. The summed E-state index contributed by atoms with van der Waals surface area (Å²) in [4.78, 5) is 11.3. The lowest BCUT2D eigenvalue weighted by atomic mass is 10.1. The van der Waals surface area contributed by atoms with Crippen molar-refractivity contribution in [3.63, 3.8) is 0 Å². The molecule has 0 aliphatic carbocycles. The van der Waals surface area contributed by atoms with Gasteiger partial charge in [-0.3, -0.25) is 0 Å². The number of hydrogen-bond acceptors (Lipinski definition) is 3. The molecule has 0 amide bonds. The smallest absolute Gasteiger partial charge is 0.341 e. The first kappa shape index (κ1) is 11.2. The summed E-state index contributed by atoms with van der Waals surface area (Å²) in [5.41, 5.74) is -0.159. The Morgan fingerprint density at radius 2 is 2.20 bits per heavy atom. The number of hydrogen-bond donors (Lipinski definition) is 1. The summed E-state index contributed by atoms with van der Waals surface area (Å²) in [6, 6.07) is 5.67. The average molecular weight is 210 g/mol. The molecular formula is C11H11FO3. The predicted octanol–water partition coefficient (Wildman–Crippen LogP) is 2.29. The second kappa shape index (κ2) is 5.14. The third-order valence-electron chi connectivity index (χ3n) is 1.79. The van der Waals surface area contributed by atoms with E-state index in [9.17, 15) is 9.18 Å². The Labute approximate surface area is 86.8 Å². The van der Waals surface area contributed by atoms with Gasteiger partial charge in [0.05, 0.1) is 12.9 Å². The second-order valence-electron chi connectivity index (χ2n) is 2.74. The number of halogens is 1. The standard InChI is InChI=1S/C11H11FO3/c1-2-15-11(14)9(7-13)8-5-3-4-6-10(8)12/h3-7,13H,2H2,1H3/b9-7-. The molecule has 80 valence electrons. The summed E-state index contributed by atoms with van der Waals surface area (Å²) in [7, 11) is 0. The third-order valence-corrected chi connectivity index (χ3v) is 1.79. The van der Waals surface area contributed by atoms with Crippen molar-refractivity contribution in [2.75, 3.05) is 6.61 Å². The molecule has 0 saturated heterocycles. The van der Waals surface area contributed by atoms with Crippen LogP contribution in [0.5, 0.6) is 0 Å². The number of benzene rings is 1. The Morgan fingerprint density at radius 3 is 2.73 bits per heavy atom. The van der Waals surface area contributed by atoms with Crippen LogP contribution in [0.2, 0.25) is 0 Å². The largest absolute Gasteiger partial charge is 0.515 e. The maximum atomic E-state index is 13.3. The summed E-state index contributed by atoms with van der Waals surface area (Å²) in [6.07, 6.45) is 0.552. The first-order valence-corrected chi connectivity index (χ1v) is 4.47. The van der Waals surface area contributed by atoms with E-state index in [0.29, 0.717) is 6.26 Å². The molecule has 0 spiro atoms. The fourth-order valence-electron chi connectivity index (χ4n) is 1.12. The minimum atomic E-state index is -0.745. The highest BCUT2D eigenvalue weighted by molar-refractivity contribution is 6.16. The van der Waals surface area contributed by atoms with Crippen LogP contribution in [0.1, 0.15) is 12.5 Å². The van der Waals surface area contributed by atoms with E-state index in [4.69, 9.17) is 5.11 Å². The van der Waals surface area contributed by atoms with Crippen molar-refractivity contribution < 1.29 is 19.0 Å². The first-order chi connectivity index (χ1) is 7.20. The van der Waals surface area contributed by atoms with E-state index in [1.807, 2.05) is 0 Å². The van der Waals surface area contributed by atoms with Crippen molar-refractivity contribution >= 4 is 11.5 Å². The minimum Gasteiger partial charge on any atom is -0.515 e. The summed E-state index contributed by atoms with van der Waals surface area (Å²) in [6.45, 7) is 1.80. The van der Waals surface area contributed by atoms with Crippen LogP contribution in [0, 0.1) is 5.82 Å². The number of esters is 1. The van der Waals surface area contributed by atoms with Crippen LogP contribution in [-0.2, 0) is 9.53 Å². The van der Waals surface area contributed by atoms with Gasteiger partial charge in [0.2, 0.25) is 0 Å². The molecule has 15 heavy (non-hydrogen) atoms. The topological polar surface area (TPSA) is 46.5 Å². The van der Waals surface area contributed by atoms with Crippen molar-refractivity contribution in [1.29, 1.82) is 0 Å². The Bertz CT molecular complexity index is 385. The van der Waals surface area contributed by atoms with Crippen LogP contribution in [0.3, 0.4) is 0 Å². The van der Waals surface area contributed by atoms with Crippen molar-refractivity contribution in [3.8, 4) is 0 Å². The summed E-state index contributed by atoms with van der Waals surface area (Å²) >= 11 is 0. The zero-order valence-corrected chi connectivity index (χ0v) is 8.24. The summed E-state index contributed by atoms with van der Waals surface area (Å²) < 4.78 is 17.9. The molecule has 0 bridgehead atoms. The van der Waals surface area contributed by atoms with Gasteiger partial charge < -0.3 is 9.84 Å². The maximum absolute atomic E-state index is 13.3. The molecule has 0 aliphatic heterocycles. The van der Waals surface area contributed by atoms with E-state index in [1.165, 1.54) is 18.2 Å². The molecule has 4 heteroatoms. The zero-order valence-electron chi connectivity index (χ0n) is 8.24. The second-order valence-corrected chi connectivity index (χ2v) is 2.74. The zero-order chi connectivity index (χ0) is 11.3. The average Bonchev–Trinajstić information content (AvgIpc) is 2.22. The summed E-state index contributed by atoms with van der Waals surface area (Å²) in [5, 5.41) is 8.87. The molecule has 1 N–H and O–H groups in total. The maximum Gasteiger partial charge on any atom is 0.341 e. The van der Waals surface area contributed by atoms with E-state index in [1.54, 1.807) is 13.0 Å². The number of carbonyl (C=O) groups excluding carboxylic acids is 1. The molecular weight excluding hydrogens is 199 g/mol. The molecule has 1 aromatic carbocycles.